The Labute approximate surface area is 98.0 Å². The predicted molar refractivity (Wildman–Crippen MR) is 28.0 cm³/mol. The van der Waals surface area contributed by atoms with Crippen molar-refractivity contribution in [2.75, 3.05) is 12.9 Å². The van der Waals surface area contributed by atoms with Crippen LogP contribution >= 0.6 is 0 Å². The normalized spacial score (nSPS) is 9.89. The minimum atomic E-state index is -3.42. The van der Waals surface area contributed by atoms with Crippen molar-refractivity contribution >= 4 is 16.4 Å². The molecule has 0 radical (unpaired) electrons. The number of carbonyl (C=O) groups excluding carboxylic acids is 1. The number of hydrogen-bond acceptors (Lipinski definition) is 4. The van der Waals surface area contributed by atoms with Gasteiger partial charge in [0.25, 0.3) is 10.1 Å². The summed E-state index contributed by atoms with van der Waals surface area (Å²) in [4.78, 5) is 9.46. The number of hydrogen-bond donors (Lipinski definition) is 0. The first-order valence-electron chi connectivity index (χ1n) is 1.84. The van der Waals surface area contributed by atoms with Crippen molar-refractivity contribution < 1.29 is 70.2 Å². The molecule has 0 aliphatic heterocycles. The van der Waals surface area contributed by atoms with Crippen LogP contribution in [0.15, 0.2) is 0 Å². The third kappa shape index (κ3) is 12.4. The van der Waals surface area contributed by atoms with Crippen molar-refractivity contribution in [2.45, 2.75) is 0 Å². The van der Waals surface area contributed by atoms with E-state index in [1.54, 1.807) is 0 Å². The van der Waals surface area contributed by atoms with Gasteiger partial charge in [0.05, 0.1) is 6.26 Å². The Morgan fingerprint density at radius 3 is 2.22 bits per heavy atom. The van der Waals surface area contributed by atoms with Crippen LogP contribution in [-0.2, 0) is 19.1 Å². The van der Waals surface area contributed by atoms with Crippen LogP contribution in [0.2, 0.25) is 0 Å². The topological polar surface area (TPSA) is 60.4 Å². The molecule has 0 N–H and O–H groups in total. The molecule has 0 bridgehead atoms. The standard InChI is InChI=1S/C3H6O4S.K.H/c1-8(5,6)7-3-2-4;;/h2H,3H2,1H3;;/q;+1;-1. The molecule has 9 heavy (non-hydrogen) atoms. The van der Waals surface area contributed by atoms with E-state index in [1.165, 1.54) is 0 Å². The maximum atomic E-state index is 10.0. The van der Waals surface area contributed by atoms with Gasteiger partial charge in [0.1, 0.15) is 12.9 Å². The zero-order valence-electron chi connectivity index (χ0n) is 6.33. The molecule has 0 saturated heterocycles. The number of carbonyl (C=O) groups is 1. The van der Waals surface area contributed by atoms with Crippen LogP contribution in [0.1, 0.15) is 1.43 Å². The van der Waals surface area contributed by atoms with Gasteiger partial charge in [-0.2, -0.15) is 8.42 Å². The van der Waals surface area contributed by atoms with E-state index in [-0.39, 0.29) is 52.8 Å². The van der Waals surface area contributed by atoms with Crippen LogP contribution in [0.25, 0.3) is 0 Å². The molecule has 0 aromatic rings. The molecular weight excluding hydrogens is 171 g/mol. The van der Waals surface area contributed by atoms with Gasteiger partial charge in [-0.1, -0.05) is 0 Å². The van der Waals surface area contributed by atoms with E-state index in [0.717, 1.165) is 6.26 Å². The molecule has 0 unspecified atom stereocenters. The Morgan fingerprint density at radius 1 is 1.67 bits per heavy atom. The Bertz CT molecular complexity index is 165. The average molecular weight is 178 g/mol. The first-order valence-corrected chi connectivity index (χ1v) is 3.66. The van der Waals surface area contributed by atoms with E-state index in [4.69, 9.17) is 0 Å². The van der Waals surface area contributed by atoms with Gasteiger partial charge in [-0.25, -0.2) is 0 Å². The summed E-state index contributed by atoms with van der Waals surface area (Å²) in [5, 5.41) is 0. The van der Waals surface area contributed by atoms with Crippen LogP contribution < -0.4 is 51.4 Å². The Hall–Kier alpha value is 1.22. The molecule has 0 fully saturated rings. The van der Waals surface area contributed by atoms with Gasteiger partial charge in [-0.3, -0.25) is 4.18 Å². The van der Waals surface area contributed by atoms with Gasteiger partial charge < -0.3 is 6.22 Å². The smallest absolute Gasteiger partial charge is 1.00 e. The van der Waals surface area contributed by atoms with Crippen molar-refractivity contribution in [3.63, 3.8) is 0 Å². The van der Waals surface area contributed by atoms with Crippen molar-refractivity contribution in [1.82, 2.24) is 0 Å². The van der Waals surface area contributed by atoms with Crippen molar-refractivity contribution in [1.29, 1.82) is 0 Å². The molecule has 0 aliphatic carbocycles. The summed E-state index contributed by atoms with van der Waals surface area (Å²) in [5.74, 6) is 0. The zero-order valence-corrected chi connectivity index (χ0v) is 9.27. The van der Waals surface area contributed by atoms with E-state index < -0.39 is 16.7 Å². The summed E-state index contributed by atoms with van der Waals surface area (Å²) >= 11 is 0. The summed E-state index contributed by atoms with van der Waals surface area (Å²) in [5.41, 5.74) is 0. The largest absolute Gasteiger partial charge is 1.00 e. The summed E-state index contributed by atoms with van der Waals surface area (Å²) < 4.78 is 24.0. The second-order valence-electron chi connectivity index (χ2n) is 1.16. The minimum Gasteiger partial charge on any atom is -1.00 e. The fraction of sp³-hybridized carbons (Fsp3) is 0.667. The van der Waals surface area contributed by atoms with Crippen molar-refractivity contribution in [3.05, 3.63) is 0 Å². The monoisotopic (exact) mass is 178 g/mol. The van der Waals surface area contributed by atoms with Crippen LogP contribution in [0.4, 0.5) is 0 Å². The molecule has 50 valence electrons. The molecule has 0 heterocycles. The minimum absolute atomic E-state index is 0. The number of rotatable bonds is 3. The maximum Gasteiger partial charge on any atom is 1.00 e. The van der Waals surface area contributed by atoms with Gasteiger partial charge in [-0.15, -0.1) is 0 Å². The average Bonchev–Trinajstić information content (AvgIpc) is 1.59. The summed E-state index contributed by atoms with van der Waals surface area (Å²) in [7, 11) is -3.42. The summed E-state index contributed by atoms with van der Waals surface area (Å²) in [6.45, 7) is -0.390. The van der Waals surface area contributed by atoms with E-state index in [0.29, 0.717) is 6.29 Å². The first-order chi connectivity index (χ1) is 3.56. The molecule has 0 rings (SSSR count). The quantitative estimate of drug-likeness (QED) is 0.253. The zero-order chi connectivity index (χ0) is 6.62. The predicted octanol–water partition coefficient (Wildman–Crippen LogP) is -3.72. The van der Waals surface area contributed by atoms with E-state index in [2.05, 4.69) is 4.18 Å². The summed E-state index contributed by atoms with van der Waals surface area (Å²) in [6.07, 6.45) is 1.26. The van der Waals surface area contributed by atoms with Crippen LogP contribution in [0, 0.1) is 0 Å². The molecule has 0 spiro atoms. The SMILES string of the molecule is CS(=O)(=O)OCC=O.[H-].[K+]. The second-order valence-corrected chi connectivity index (χ2v) is 2.80. The molecule has 4 nitrogen and oxygen atoms in total. The molecule has 0 aromatic heterocycles. The Kier molecular flexibility index (Phi) is 8.51. The molecule has 0 saturated carbocycles. The molecule has 6 heteroatoms. The van der Waals surface area contributed by atoms with Gasteiger partial charge in [0, 0.05) is 0 Å². The molecule has 0 amide bonds. The fourth-order valence-corrected chi connectivity index (χ4v) is 0.454. The Morgan fingerprint density at radius 2 is 2.11 bits per heavy atom. The van der Waals surface area contributed by atoms with Gasteiger partial charge in [-0.05, 0) is 0 Å². The molecule has 0 atom stereocenters. The van der Waals surface area contributed by atoms with E-state index in [1.807, 2.05) is 0 Å². The third-order valence-corrected chi connectivity index (χ3v) is 0.914. The van der Waals surface area contributed by atoms with Crippen molar-refractivity contribution in [3.8, 4) is 0 Å². The van der Waals surface area contributed by atoms with Crippen LogP contribution in [0.5, 0.6) is 0 Å². The van der Waals surface area contributed by atoms with Gasteiger partial charge >= 0.3 is 51.4 Å². The third-order valence-electron chi connectivity index (χ3n) is 0.350. The first kappa shape index (κ1) is 12.9. The van der Waals surface area contributed by atoms with E-state index >= 15 is 0 Å². The molecule has 0 aliphatic rings. The van der Waals surface area contributed by atoms with Crippen molar-refractivity contribution in [2.24, 2.45) is 0 Å². The second kappa shape index (κ2) is 5.96. The van der Waals surface area contributed by atoms with E-state index in [9.17, 15) is 13.2 Å². The van der Waals surface area contributed by atoms with Crippen LogP contribution in [-0.4, -0.2) is 27.6 Å². The fourth-order valence-electron chi connectivity index (χ4n) is 0.151. The number of aldehydes is 1. The van der Waals surface area contributed by atoms with Crippen LogP contribution in [0.3, 0.4) is 0 Å². The van der Waals surface area contributed by atoms with Gasteiger partial charge in [0.2, 0.25) is 0 Å². The molecular formula is C3H7KO4S. The Balaban J connectivity index is -0.000000245. The maximum absolute atomic E-state index is 10.0. The molecule has 0 aromatic carbocycles. The van der Waals surface area contributed by atoms with Gasteiger partial charge in [0.15, 0.2) is 0 Å². The summed E-state index contributed by atoms with van der Waals surface area (Å²) in [6, 6.07) is 0.